The summed E-state index contributed by atoms with van der Waals surface area (Å²) in [6.07, 6.45) is -0.0118. The number of aliphatic hydroxyl groups is 5. The third kappa shape index (κ3) is 4.56. The van der Waals surface area contributed by atoms with Crippen molar-refractivity contribution in [2.75, 3.05) is 19.8 Å². The van der Waals surface area contributed by atoms with Crippen LogP contribution < -0.4 is 0 Å². The van der Waals surface area contributed by atoms with E-state index in [1.165, 1.54) is 6.08 Å². The van der Waals surface area contributed by atoms with E-state index in [4.69, 9.17) is 14.2 Å². The minimum Gasteiger partial charge on any atom is -0.458 e. The van der Waals surface area contributed by atoms with Crippen molar-refractivity contribution >= 4 is 5.97 Å². The Kier molecular flexibility index (Phi) is 7.21. The van der Waals surface area contributed by atoms with Gasteiger partial charge in [0.25, 0.3) is 0 Å². The molecule has 34 heavy (non-hydrogen) atoms. The number of aliphatic hydroxyl groups excluding tert-OH is 4. The van der Waals surface area contributed by atoms with Gasteiger partial charge in [-0.25, -0.2) is 4.79 Å². The highest BCUT2D eigenvalue weighted by atomic mass is 16.7. The average Bonchev–Trinajstić information content (AvgIpc) is 3.18. The van der Waals surface area contributed by atoms with Gasteiger partial charge in [0.1, 0.15) is 24.9 Å². The van der Waals surface area contributed by atoms with Gasteiger partial charge in [0, 0.05) is 19.1 Å². The summed E-state index contributed by atoms with van der Waals surface area (Å²) >= 11 is 0. The lowest BCUT2D eigenvalue weighted by Crippen LogP contribution is -2.65. The van der Waals surface area contributed by atoms with Gasteiger partial charge in [-0.05, 0) is 60.8 Å². The van der Waals surface area contributed by atoms with Crippen LogP contribution in [0.4, 0.5) is 0 Å². The maximum Gasteiger partial charge on any atom is 0.331 e. The summed E-state index contributed by atoms with van der Waals surface area (Å²) in [5.74, 6) is -0.580. The van der Waals surface area contributed by atoms with Gasteiger partial charge < -0.3 is 39.7 Å². The quantitative estimate of drug-likeness (QED) is 0.343. The smallest absolute Gasteiger partial charge is 0.331 e. The average molecular weight is 485 g/mol. The summed E-state index contributed by atoms with van der Waals surface area (Å²) in [5, 5.41) is 52.6. The van der Waals surface area contributed by atoms with E-state index in [1.54, 1.807) is 0 Å². The number of rotatable bonds is 6. The van der Waals surface area contributed by atoms with Crippen LogP contribution in [-0.2, 0) is 19.0 Å². The number of cyclic esters (lactones) is 1. The summed E-state index contributed by atoms with van der Waals surface area (Å²) in [7, 11) is 0. The molecule has 1 saturated heterocycles. The molecule has 3 fully saturated rings. The first-order chi connectivity index (χ1) is 15.9. The van der Waals surface area contributed by atoms with Gasteiger partial charge in [-0.3, -0.25) is 0 Å². The third-order valence-corrected chi connectivity index (χ3v) is 9.06. The fraction of sp³-hybridized carbons (Fsp3) is 0.880. The SMILES string of the molecule is C[C@@]1(CO)CCC[C@]2(C)[C@@H](CCC3=CC(=O)OC3)[C@](C)(O)C[C@H](O[C@@H]3OC[C@H](O)[C@H](O)[C@H]3O)[C@@H]12. The molecule has 10 atom stereocenters. The lowest BCUT2D eigenvalue weighted by atomic mass is 9.44. The standard InChI is InChI=1S/C25H40O9/c1-23(13-26)7-4-8-24(2)17(6-5-14-9-18(28)32-11-14)25(3,31)10-16(21(23)24)34-22-20(30)19(29)15(27)12-33-22/h9,15-17,19-22,26-27,29-31H,4-8,10-13H2,1-3H3/t15-,16-,17+,19-,20+,21-,22-,23-,24+,25+/m0/s1. The second-order valence-corrected chi connectivity index (χ2v) is 11.6. The third-order valence-electron chi connectivity index (χ3n) is 9.06. The summed E-state index contributed by atoms with van der Waals surface area (Å²) < 4.78 is 16.9. The van der Waals surface area contributed by atoms with Crippen LogP contribution in [0.3, 0.4) is 0 Å². The van der Waals surface area contributed by atoms with E-state index in [0.29, 0.717) is 19.4 Å². The molecule has 4 aliphatic rings. The second-order valence-electron chi connectivity index (χ2n) is 11.6. The van der Waals surface area contributed by atoms with E-state index in [-0.39, 0.29) is 42.9 Å². The predicted molar refractivity (Wildman–Crippen MR) is 120 cm³/mol. The Labute approximate surface area is 200 Å². The maximum atomic E-state index is 11.7. The van der Waals surface area contributed by atoms with Gasteiger partial charge >= 0.3 is 5.97 Å². The summed E-state index contributed by atoms with van der Waals surface area (Å²) in [6, 6.07) is 0. The van der Waals surface area contributed by atoms with Crippen LogP contribution in [0.15, 0.2) is 11.6 Å². The van der Waals surface area contributed by atoms with Gasteiger partial charge in [-0.15, -0.1) is 0 Å². The molecule has 0 unspecified atom stereocenters. The van der Waals surface area contributed by atoms with Crippen LogP contribution >= 0.6 is 0 Å². The number of fused-ring (bicyclic) bond motifs is 1. The highest BCUT2D eigenvalue weighted by Crippen LogP contribution is 2.63. The maximum absolute atomic E-state index is 11.7. The molecule has 0 aromatic carbocycles. The van der Waals surface area contributed by atoms with E-state index in [9.17, 15) is 30.3 Å². The largest absolute Gasteiger partial charge is 0.458 e. The number of carbonyl (C=O) groups excluding carboxylic acids is 1. The number of hydrogen-bond donors (Lipinski definition) is 5. The molecular weight excluding hydrogens is 444 g/mol. The summed E-state index contributed by atoms with van der Waals surface area (Å²) in [6.45, 7) is 6.10. The zero-order valence-electron chi connectivity index (χ0n) is 20.4. The first-order valence-corrected chi connectivity index (χ1v) is 12.4. The van der Waals surface area contributed by atoms with E-state index in [1.807, 2.05) is 13.8 Å². The minimum atomic E-state index is -1.42. The topological polar surface area (TPSA) is 146 Å². The first-order valence-electron chi connectivity index (χ1n) is 12.4. The summed E-state index contributed by atoms with van der Waals surface area (Å²) in [5.41, 5.74) is -1.03. The Morgan fingerprint density at radius 1 is 1.15 bits per heavy atom. The number of carbonyl (C=O) groups is 1. The fourth-order valence-electron chi connectivity index (χ4n) is 7.53. The molecule has 2 saturated carbocycles. The molecular formula is C25H40O9. The van der Waals surface area contributed by atoms with Gasteiger partial charge in [-0.1, -0.05) is 20.3 Å². The van der Waals surface area contributed by atoms with Gasteiger partial charge in [0.15, 0.2) is 6.29 Å². The second kappa shape index (κ2) is 9.42. The van der Waals surface area contributed by atoms with Crippen LogP contribution in [0, 0.1) is 22.7 Å². The van der Waals surface area contributed by atoms with Crippen molar-refractivity contribution in [3.8, 4) is 0 Å². The molecule has 194 valence electrons. The minimum absolute atomic E-state index is 0.0368. The van der Waals surface area contributed by atoms with Crippen molar-refractivity contribution in [3.05, 3.63) is 11.6 Å². The zero-order chi connectivity index (χ0) is 24.9. The van der Waals surface area contributed by atoms with E-state index < -0.39 is 41.7 Å². The molecule has 0 aromatic rings. The number of ether oxygens (including phenoxy) is 3. The first kappa shape index (κ1) is 26.0. The van der Waals surface area contributed by atoms with Crippen LogP contribution in [0.1, 0.15) is 59.3 Å². The molecule has 0 radical (unpaired) electrons. The Morgan fingerprint density at radius 3 is 2.53 bits per heavy atom. The molecule has 0 spiro atoms. The molecule has 0 amide bonds. The molecule has 9 nitrogen and oxygen atoms in total. The van der Waals surface area contributed by atoms with Crippen molar-refractivity contribution in [2.45, 2.75) is 95.6 Å². The Morgan fingerprint density at radius 2 is 1.88 bits per heavy atom. The van der Waals surface area contributed by atoms with Gasteiger partial charge in [0.2, 0.25) is 0 Å². The molecule has 9 heteroatoms. The molecule has 0 bridgehead atoms. The fourth-order valence-corrected chi connectivity index (χ4v) is 7.53. The molecule has 2 heterocycles. The van der Waals surface area contributed by atoms with Crippen molar-refractivity contribution in [1.29, 1.82) is 0 Å². The van der Waals surface area contributed by atoms with Crippen molar-refractivity contribution in [2.24, 2.45) is 22.7 Å². The Balaban J connectivity index is 1.63. The highest BCUT2D eigenvalue weighted by Gasteiger charge is 2.63. The molecule has 2 aliphatic heterocycles. The van der Waals surface area contributed by atoms with Crippen LogP contribution in [0.2, 0.25) is 0 Å². The highest BCUT2D eigenvalue weighted by molar-refractivity contribution is 5.85. The molecule has 5 N–H and O–H groups in total. The number of esters is 1. The molecule has 0 aromatic heterocycles. The normalized spacial score (nSPS) is 49.4. The Hall–Kier alpha value is -1.07. The number of hydrogen-bond acceptors (Lipinski definition) is 9. The van der Waals surface area contributed by atoms with Crippen LogP contribution in [-0.4, -0.2) is 87.6 Å². The van der Waals surface area contributed by atoms with Crippen molar-refractivity contribution < 1.29 is 44.5 Å². The van der Waals surface area contributed by atoms with E-state index in [0.717, 1.165) is 24.8 Å². The molecule has 4 rings (SSSR count). The van der Waals surface area contributed by atoms with Crippen molar-refractivity contribution in [3.63, 3.8) is 0 Å². The van der Waals surface area contributed by atoms with Gasteiger partial charge in [-0.2, -0.15) is 0 Å². The molecule has 2 aliphatic carbocycles. The zero-order valence-corrected chi connectivity index (χ0v) is 20.4. The van der Waals surface area contributed by atoms with E-state index in [2.05, 4.69) is 6.92 Å². The monoisotopic (exact) mass is 484 g/mol. The predicted octanol–water partition coefficient (Wildman–Crippen LogP) is 0.650. The summed E-state index contributed by atoms with van der Waals surface area (Å²) in [4.78, 5) is 11.5. The Bertz CT molecular complexity index is 797. The van der Waals surface area contributed by atoms with Crippen LogP contribution in [0.25, 0.3) is 0 Å². The van der Waals surface area contributed by atoms with Crippen molar-refractivity contribution in [1.82, 2.24) is 0 Å². The van der Waals surface area contributed by atoms with Gasteiger partial charge in [0.05, 0.1) is 18.3 Å². The lowest BCUT2D eigenvalue weighted by molar-refractivity contribution is -0.318. The van der Waals surface area contributed by atoms with Crippen LogP contribution in [0.5, 0.6) is 0 Å². The van der Waals surface area contributed by atoms with E-state index >= 15 is 0 Å². The lowest BCUT2D eigenvalue weighted by Gasteiger charge is -2.64.